The fraction of sp³-hybridized carbons (Fsp3) is 0.333. The summed E-state index contributed by atoms with van der Waals surface area (Å²) in [6.45, 7) is 1.74. The second kappa shape index (κ2) is 5.31. The molecule has 0 N–H and O–H groups in total. The number of hydrogen-bond acceptors (Lipinski definition) is 3. The first-order valence-corrected chi connectivity index (χ1v) is 1.55. The molecule has 1 aromatic heterocycles. The van der Waals surface area contributed by atoms with Gasteiger partial charge in [0.15, 0.2) is 0 Å². The summed E-state index contributed by atoms with van der Waals surface area (Å²) in [5.41, 5.74) is 0. The molecule has 4 nitrogen and oxygen atoms in total. The van der Waals surface area contributed by atoms with Gasteiger partial charge in [0.25, 0.3) is 0 Å². The Morgan fingerprint density at radius 2 is 2.12 bits per heavy atom. The van der Waals surface area contributed by atoms with E-state index in [-0.39, 0.29) is 40.1 Å². The van der Waals surface area contributed by atoms with Crippen LogP contribution in [0, 0.1) is 14.4 Å². The van der Waals surface area contributed by atoms with E-state index in [9.17, 15) is 0 Å². The van der Waals surface area contributed by atoms with Crippen molar-refractivity contribution >= 4 is 0 Å². The van der Waals surface area contributed by atoms with Gasteiger partial charge in [-0.05, 0) is 6.92 Å². The molecule has 1 heterocycles. The van der Waals surface area contributed by atoms with E-state index in [1.54, 1.807) is 6.92 Å². The van der Waals surface area contributed by atoms with Gasteiger partial charge in [0.1, 0.15) is 0 Å². The number of rotatable bonds is 0. The van der Waals surface area contributed by atoms with Gasteiger partial charge >= 0.3 is 0 Å². The molecule has 0 saturated carbocycles. The van der Waals surface area contributed by atoms with E-state index in [0.717, 1.165) is 0 Å². The van der Waals surface area contributed by atoms with Crippen LogP contribution in [-0.2, 0) is 32.7 Å². The molecular weight excluding hydrogens is 181 g/mol. The molecule has 0 spiro atoms. The minimum absolute atomic E-state index is 0. The third-order valence-corrected chi connectivity index (χ3v) is 0.419. The molecule has 0 aliphatic rings. The molecule has 0 aromatic carbocycles. The first-order chi connectivity index (χ1) is 2.89. The summed E-state index contributed by atoms with van der Waals surface area (Å²) in [6, 6.07) is 0. The topological polar surface area (TPSA) is 52.8 Å². The Bertz CT molecular complexity index is 115. The molecule has 0 fully saturated rings. The molecule has 1 aromatic rings. The molecule has 0 aliphatic heterocycles. The summed E-state index contributed by atoms with van der Waals surface area (Å²) in [4.78, 5) is 0. The zero-order chi connectivity index (χ0) is 4.41. The molecular formula is C3H6N4Y-2. The minimum atomic E-state index is 0. The van der Waals surface area contributed by atoms with Gasteiger partial charge in [-0.3, -0.25) is 15.5 Å². The van der Waals surface area contributed by atoms with Crippen LogP contribution in [0.15, 0.2) is 0 Å². The fourth-order valence-corrected chi connectivity index (χ4v) is 0.189. The zero-order valence-electron chi connectivity index (χ0n) is 4.87. The summed E-state index contributed by atoms with van der Waals surface area (Å²) in [5.74, 6) is 0.620. The predicted octanol–water partition coefficient (Wildman–Crippen LogP) is -0.415. The predicted molar refractivity (Wildman–Crippen MR) is 24.3 cm³/mol. The Hall–Kier alpha value is 0.174. The number of nitrogens with zero attached hydrogens (tertiary/aromatic N) is 4. The summed E-state index contributed by atoms with van der Waals surface area (Å²) in [5, 5.41) is 13.3. The van der Waals surface area contributed by atoms with Crippen LogP contribution in [0.2, 0.25) is 0 Å². The number of hydrogen-bond donors (Lipinski definition) is 0. The molecule has 8 heavy (non-hydrogen) atoms. The average Bonchev–Trinajstić information content (AvgIpc) is 1.86. The van der Waals surface area contributed by atoms with Crippen LogP contribution in [0.5, 0.6) is 0 Å². The first-order valence-electron chi connectivity index (χ1n) is 1.55. The van der Waals surface area contributed by atoms with Gasteiger partial charge in [-0.15, -0.1) is 0 Å². The van der Waals surface area contributed by atoms with Crippen LogP contribution in [0.1, 0.15) is 5.82 Å². The van der Waals surface area contributed by atoms with Gasteiger partial charge < -0.3 is 12.5 Å². The third kappa shape index (κ3) is 3.21. The SMILES string of the molecule is Cc1nn[n-]n1.[CH3-].[Y]. The van der Waals surface area contributed by atoms with Crippen molar-refractivity contribution in [1.29, 1.82) is 0 Å². The summed E-state index contributed by atoms with van der Waals surface area (Å²) in [7, 11) is 0. The van der Waals surface area contributed by atoms with Gasteiger partial charge in [0.2, 0.25) is 0 Å². The maximum absolute atomic E-state index is 3.44. The third-order valence-electron chi connectivity index (χ3n) is 0.419. The zero-order valence-corrected chi connectivity index (χ0v) is 7.70. The van der Waals surface area contributed by atoms with Gasteiger partial charge in [0, 0.05) is 38.5 Å². The molecule has 5 heteroatoms. The van der Waals surface area contributed by atoms with Crippen molar-refractivity contribution in [2.24, 2.45) is 0 Å². The number of aryl methyl sites for hydroxylation is 1. The van der Waals surface area contributed by atoms with Gasteiger partial charge in [-0.2, -0.15) is 0 Å². The second-order valence-electron chi connectivity index (χ2n) is 0.926. The van der Waals surface area contributed by atoms with Crippen molar-refractivity contribution in [1.82, 2.24) is 20.6 Å². The van der Waals surface area contributed by atoms with E-state index in [1.165, 1.54) is 0 Å². The van der Waals surface area contributed by atoms with Crippen molar-refractivity contribution in [3.8, 4) is 0 Å². The van der Waals surface area contributed by atoms with Crippen molar-refractivity contribution in [2.45, 2.75) is 6.92 Å². The first kappa shape index (κ1) is 11.0. The number of aromatic nitrogens is 4. The molecule has 0 bridgehead atoms. The van der Waals surface area contributed by atoms with Gasteiger partial charge in [0.05, 0.1) is 0 Å². The van der Waals surface area contributed by atoms with Crippen LogP contribution >= 0.6 is 0 Å². The van der Waals surface area contributed by atoms with E-state index in [1.807, 2.05) is 0 Å². The van der Waals surface area contributed by atoms with Crippen LogP contribution in [0.4, 0.5) is 0 Å². The van der Waals surface area contributed by atoms with E-state index in [2.05, 4.69) is 20.6 Å². The standard InChI is InChI=1S/C2H3N4.CH3.Y/c1-2-3-5-6-4-2;;/h1H3;1H3;/q2*-1;. The Balaban J connectivity index is 0. The normalized spacial score (nSPS) is 6.62. The Morgan fingerprint density at radius 3 is 2.25 bits per heavy atom. The molecule has 0 saturated heterocycles. The molecule has 0 unspecified atom stereocenters. The quantitative estimate of drug-likeness (QED) is 0.518. The molecule has 1 rings (SSSR count). The molecule has 0 atom stereocenters. The summed E-state index contributed by atoms with van der Waals surface area (Å²) in [6.07, 6.45) is 0. The van der Waals surface area contributed by atoms with Crippen LogP contribution in [0.3, 0.4) is 0 Å². The van der Waals surface area contributed by atoms with E-state index in [4.69, 9.17) is 0 Å². The smallest absolute Gasteiger partial charge is 0.0393 e. The van der Waals surface area contributed by atoms with Gasteiger partial charge in [-0.1, -0.05) is 0 Å². The number of tetrazole rings is 1. The van der Waals surface area contributed by atoms with E-state index in [0.29, 0.717) is 5.82 Å². The second-order valence-corrected chi connectivity index (χ2v) is 0.926. The summed E-state index contributed by atoms with van der Waals surface area (Å²) < 4.78 is 0. The Morgan fingerprint density at radius 1 is 1.50 bits per heavy atom. The van der Waals surface area contributed by atoms with E-state index >= 15 is 0 Å². The van der Waals surface area contributed by atoms with Crippen LogP contribution in [-0.4, -0.2) is 15.4 Å². The summed E-state index contributed by atoms with van der Waals surface area (Å²) >= 11 is 0. The van der Waals surface area contributed by atoms with Crippen molar-refractivity contribution < 1.29 is 32.7 Å². The van der Waals surface area contributed by atoms with E-state index < -0.39 is 0 Å². The molecule has 1 radical (unpaired) electrons. The fourth-order valence-electron chi connectivity index (χ4n) is 0.189. The van der Waals surface area contributed by atoms with Crippen LogP contribution < -0.4 is 5.21 Å². The Labute approximate surface area is 73.3 Å². The van der Waals surface area contributed by atoms with Gasteiger partial charge in [-0.25, -0.2) is 0 Å². The Kier molecular flexibility index (Phi) is 7.33. The molecule has 43 valence electrons. The monoisotopic (exact) mass is 187 g/mol. The van der Waals surface area contributed by atoms with Crippen LogP contribution in [0.25, 0.3) is 0 Å². The minimum Gasteiger partial charge on any atom is -0.358 e. The van der Waals surface area contributed by atoms with Crippen molar-refractivity contribution in [2.75, 3.05) is 0 Å². The maximum Gasteiger partial charge on any atom is 0.0393 e. The van der Waals surface area contributed by atoms with Crippen molar-refractivity contribution in [3.05, 3.63) is 13.3 Å². The molecule has 0 amide bonds. The average molecular weight is 187 g/mol. The molecule has 0 aliphatic carbocycles. The van der Waals surface area contributed by atoms with Crippen molar-refractivity contribution in [3.63, 3.8) is 0 Å². The largest absolute Gasteiger partial charge is 0.358 e. The maximum atomic E-state index is 3.44.